The molecule has 0 bridgehead atoms. The Hall–Kier alpha value is -2.50. The molecule has 0 amide bonds. The molecular formula is C21H26N4O4. The fraction of sp³-hybridized carbons (Fsp3) is 0.619. The number of nitriles is 1. The summed E-state index contributed by atoms with van der Waals surface area (Å²) in [6, 6.07) is 5.86. The summed E-state index contributed by atoms with van der Waals surface area (Å²) in [5.41, 5.74) is 0.695. The molecule has 1 saturated carbocycles. The molecule has 2 aromatic heterocycles. The summed E-state index contributed by atoms with van der Waals surface area (Å²) in [5, 5.41) is 25.1. The Kier molecular flexibility index (Phi) is 5.28. The zero-order valence-corrected chi connectivity index (χ0v) is 16.7. The van der Waals surface area contributed by atoms with E-state index in [1.54, 1.807) is 17.5 Å². The smallest absolute Gasteiger partial charge is 0.309 e. The zero-order chi connectivity index (χ0) is 20.6. The number of ether oxygens (including phenoxy) is 2. The van der Waals surface area contributed by atoms with Gasteiger partial charge in [-0.2, -0.15) is 10.4 Å². The fourth-order valence-corrected chi connectivity index (χ4v) is 4.55. The summed E-state index contributed by atoms with van der Waals surface area (Å²) >= 11 is 0. The summed E-state index contributed by atoms with van der Waals surface area (Å²) in [5.74, 6) is -0.840. The first-order valence-corrected chi connectivity index (χ1v) is 10.2. The third kappa shape index (κ3) is 3.28. The monoisotopic (exact) mass is 398 g/mol. The van der Waals surface area contributed by atoms with Crippen molar-refractivity contribution in [3.8, 4) is 6.07 Å². The quantitative estimate of drug-likeness (QED) is 0.787. The molecule has 3 heterocycles. The molecule has 2 aromatic rings. The lowest BCUT2D eigenvalue weighted by atomic mass is 9.85. The van der Waals surface area contributed by atoms with Gasteiger partial charge in [0.15, 0.2) is 0 Å². The summed E-state index contributed by atoms with van der Waals surface area (Å²) in [7, 11) is 0. The van der Waals surface area contributed by atoms with Gasteiger partial charge in [-0.1, -0.05) is 26.2 Å². The average molecular weight is 398 g/mol. The number of carbonyl (C=O) groups is 1. The fourth-order valence-electron chi connectivity index (χ4n) is 4.55. The van der Waals surface area contributed by atoms with E-state index in [1.807, 2.05) is 13.0 Å². The van der Waals surface area contributed by atoms with Gasteiger partial charge >= 0.3 is 5.97 Å². The van der Waals surface area contributed by atoms with Crippen LogP contribution in [-0.4, -0.2) is 44.5 Å². The first-order chi connectivity index (χ1) is 14.0. The highest BCUT2D eigenvalue weighted by Gasteiger charge is 2.56. The number of rotatable bonds is 4. The summed E-state index contributed by atoms with van der Waals surface area (Å²) < 4.78 is 13.2. The number of carbonyl (C=O) groups excluding carboxylic acids is 1. The van der Waals surface area contributed by atoms with Gasteiger partial charge in [0.25, 0.3) is 0 Å². The van der Waals surface area contributed by atoms with Crippen molar-refractivity contribution in [3.63, 3.8) is 0 Å². The van der Waals surface area contributed by atoms with E-state index in [4.69, 9.17) is 9.47 Å². The number of aliphatic hydroxyl groups excluding tert-OH is 1. The molecule has 1 N–H and O–H groups in total. The first-order valence-electron chi connectivity index (χ1n) is 10.2. The predicted molar refractivity (Wildman–Crippen MR) is 103 cm³/mol. The molecule has 1 aliphatic carbocycles. The van der Waals surface area contributed by atoms with Gasteiger partial charge in [0.1, 0.15) is 25.1 Å². The van der Waals surface area contributed by atoms with Crippen molar-refractivity contribution in [1.82, 2.24) is 14.6 Å². The molecule has 0 spiro atoms. The maximum atomic E-state index is 12.4. The molecular weight excluding hydrogens is 372 g/mol. The largest absolute Gasteiger partial charge is 0.463 e. The summed E-state index contributed by atoms with van der Waals surface area (Å²) in [4.78, 5) is 16.5. The molecule has 29 heavy (non-hydrogen) atoms. The van der Waals surface area contributed by atoms with Crippen LogP contribution in [0.4, 0.5) is 0 Å². The van der Waals surface area contributed by atoms with Gasteiger partial charge in [-0.15, -0.1) is 0 Å². The maximum absolute atomic E-state index is 12.4. The second-order valence-electron chi connectivity index (χ2n) is 8.11. The van der Waals surface area contributed by atoms with Crippen LogP contribution in [-0.2, 0) is 19.9 Å². The Labute approximate surface area is 169 Å². The van der Waals surface area contributed by atoms with Crippen LogP contribution in [0.3, 0.4) is 0 Å². The molecule has 8 heteroatoms. The minimum Gasteiger partial charge on any atom is -0.463 e. The van der Waals surface area contributed by atoms with Gasteiger partial charge < -0.3 is 14.6 Å². The van der Waals surface area contributed by atoms with Crippen molar-refractivity contribution in [3.05, 3.63) is 29.8 Å². The number of aliphatic hydroxyl groups is 1. The topological polar surface area (TPSA) is 110 Å². The Balaban J connectivity index is 1.55. The molecule has 4 atom stereocenters. The lowest BCUT2D eigenvalue weighted by Crippen LogP contribution is -2.34. The molecule has 1 aliphatic heterocycles. The Bertz CT molecular complexity index is 946. The van der Waals surface area contributed by atoms with Crippen LogP contribution < -0.4 is 0 Å². The van der Waals surface area contributed by atoms with E-state index >= 15 is 0 Å². The second kappa shape index (κ2) is 7.73. The van der Waals surface area contributed by atoms with E-state index in [9.17, 15) is 15.2 Å². The normalized spacial score (nSPS) is 30.3. The third-order valence-corrected chi connectivity index (χ3v) is 6.39. The Morgan fingerprint density at radius 3 is 2.90 bits per heavy atom. The molecule has 2 aliphatic rings. The number of nitrogens with zero attached hydrogens (tertiary/aromatic N) is 4. The van der Waals surface area contributed by atoms with Crippen molar-refractivity contribution >= 4 is 11.5 Å². The molecule has 0 unspecified atom stereocenters. The first kappa shape index (κ1) is 19.8. The number of hydrogen-bond donors (Lipinski definition) is 1. The maximum Gasteiger partial charge on any atom is 0.309 e. The number of aryl methyl sites for hydroxylation is 1. The molecule has 0 aromatic carbocycles. The summed E-state index contributed by atoms with van der Waals surface area (Å²) in [6.07, 6.45) is 4.65. The van der Waals surface area contributed by atoms with E-state index in [0.717, 1.165) is 43.3 Å². The minimum absolute atomic E-state index is 0.0679. The molecule has 8 nitrogen and oxygen atoms in total. The lowest BCUT2D eigenvalue weighted by Gasteiger charge is -2.25. The minimum atomic E-state index is -1.39. The number of esters is 1. The number of aromatic nitrogens is 3. The van der Waals surface area contributed by atoms with E-state index in [1.165, 1.54) is 6.33 Å². The lowest BCUT2D eigenvalue weighted by molar-refractivity contribution is -0.156. The van der Waals surface area contributed by atoms with Crippen molar-refractivity contribution in [1.29, 1.82) is 5.26 Å². The van der Waals surface area contributed by atoms with Gasteiger partial charge in [-0.05, 0) is 31.9 Å². The van der Waals surface area contributed by atoms with Crippen molar-refractivity contribution in [2.24, 2.45) is 11.8 Å². The summed E-state index contributed by atoms with van der Waals surface area (Å²) in [6.45, 7) is 3.56. The predicted octanol–water partition coefficient (Wildman–Crippen LogP) is 2.28. The molecule has 154 valence electrons. The van der Waals surface area contributed by atoms with Crippen LogP contribution in [0.15, 0.2) is 18.5 Å². The molecule has 2 fully saturated rings. The number of fused-ring (bicyclic) bond motifs is 1. The van der Waals surface area contributed by atoms with Gasteiger partial charge in [0.2, 0.25) is 5.60 Å². The average Bonchev–Trinajstić information content (AvgIpc) is 3.29. The zero-order valence-electron chi connectivity index (χ0n) is 16.7. The molecule has 0 radical (unpaired) electrons. The van der Waals surface area contributed by atoms with Crippen molar-refractivity contribution in [2.45, 2.75) is 63.8 Å². The second-order valence-corrected chi connectivity index (χ2v) is 8.11. The van der Waals surface area contributed by atoms with Gasteiger partial charge in [-0.25, -0.2) is 9.50 Å². The van der Waals surface area contributed by atoms with Gasteiger partial charge in [0.05, 0.1) is 28.9 Å². The Morgan fingerprint density at radius 2 is 2.17 bits per heavy atom. The standard InChI is InChI=1S/C21H26N4O4/c1-13-19(26)17(10-28-20(27)15-6-4-3-5-7-15)29-21(13,11-22)18-9-8-16-14(2)23-12-24-25(16)18/h8-9,12-13,15,17,19,26H,3-7,10H2,1-2H3/t13-,17-,19+,21-/m1/s1. The highest BCUT2D eigenvalue weighted by Crippen LogP contribution is 2.44. The van der Waals surface area contributed by atoms with E-state index in [-0.39, 0.29) is 18.5 Å². The van der Waals surface area contributed by atoms with E-state index in [2.05, 4.69) is 16.2 Å². The SMILES string of the molecule is Cc1ncnn2c([C@]3(C#N)O[C@H](COC(=O)C4CCCCC4)[C@@H](O)[C@H]3C)ccc12. The van der Waals surface area contributed by atoms with Crippen LogP contribution in [0, 0.1) is 30.1 Å². The van der Waals surface area contributed by atoms with Crippen LogP contribution in [0.2, 0.25) is 0 Å². The van der Waals surface area contributed by atoms with Crippen molar-refractivity contribution < 1.29 is 19.4 Å². The van der Waals surface area contributed by atoms with Crippen LogP contribution in [0.25, 0.3) is 5.52 Å². The molecule has 1 saturated heterocycles. The van der Waals surface area contributed by atoms with E-state index < -0.39 is 23.7 Å². The van der Waals surface area contributed by atoms with Crippen molar-refractivity contribution in [2.75, 3.05) is 6.61 Å². The highest BCUT2D eigenvalue weighted by molar-refractivity contribution is 5.72. The number of hydrogen-bond acceptors (Lipinski definition) is 7. The van der Waals surface area contributed by atoms with E-state index in [0.29, 0.717) is 5.69 Å². The van der Waals surface area contributed by atoms with Crippen LogP contribution in [0.5, 0.6) is 0 Å². The van der Waals surface area contributed by atoms with Gasteiger partial charge in [0, 0.05) is 5.92 Å². The highest BCUT2D eigenvalue weighted by atomic mass is 16.6. The molecule has 4 rings (SSSR count). The third-order valence-electron chi connectivity index (χ3n) is 6.39. The van der Waals surface area contributed by atoms with Crippen LogP contribution in [0.1, 0.15) is 50.4 Å². The van der Waals surface area contributed by atoms with Crippen LogP contribution >= 0.6 is 0 Å². The Morgan fingerprint density at radius 1 is 1.41 bits per heavy atom. The van der Waals surface area contributed by atoms with Gasteiger partial charge in [-0.3, -0.25) is 4.79 Å².